The highest BCUT2D eigenvalue weighted by molar-refractivity contribution is 5.39. The number of nitrogens with zero attached hydrogens (tertiary/aromatic N) is 1. The SMILES string of the molecule is CCC(CC)n1[nH]c(C)c(N)c1=O. The Morgan fingerprint density at radius 2 is 2.00 bits per heavy atom. The number of anilines is 1. The van der Waals surface area contributed by atoms with Gasteiger partial charge in [-0.15, -0.1) is 0 Å². The fourth-order valence-corrected chi connectivity index (χ4v) is 1.49. The van der Waals surface area contributed by atoms with Crippen LogP contribution < -0.4 is 11.3 Å². The summed E-state index contributed by atoms with van der Waals surface area (Å²) in [6.45, 7) is 5.94. The van der Waals surface area contributed by atoms with Gasteiger partial charge >= 0.3 is 0 Å². The normalized spacial score (nSPS) is 11.1. The van der Waals surface area contributed by atoms with Gasteiger partial charge in [0.15, 0.2) is 0 Å². The van der Waals surface area contributed by atoms with E-state index in [0.717, 1.165) is 18.5 Å². The van der Waals surface area contributed by atoms with Crippen LogP contribution in [0.2, 0.25) is 0 Å². The van der Waals surface area contributed by atoms with E-state index in [1.54, 1.807) is 4.68 Å². The van der Waals surface area contributed by atoms with E-state index in [4.69, 9.17) is 5.73 Å². The van der Waals surface area contributed by atoms with Crippen LogP contribution in [0.25, 0.3) is 0 Å². The van der Waals surface area contributed by atoms with Crippen molar-refractivity contribution in [1.29, 1.82) is 0 Å². The first-order valence-electron chi connectivity index (χ1n) is 4.68. The summed E-state index contributed by atoms with van der Waals surface area (Å²) in [6, 6.07) is 0.239. The summed E-state index contributed by atoms with van der Waals surface area (Å²) in [5, 5.41) is 2.99. The molecule has 0 saturated heterocycles. The lowest BCUT2D eigenvalue weighted by Gasteiger charge is -2.12. The van der Waals surface area contributed by atoms with Crippen LogP contribution in [-0.4, -0.2) is 9.78 Å². The molecule has 13 heavy (non-hydrogen) atoms. The number of nitrogens with one attached hydrogen (secondary N) is 1. The maximum absolute atomic E-state index is 11.6. The van der Waals surface area contributed by atoms with Gasteiger partial charge in [-0.1, -0.05) is 13.8 Å². The third-order valence-corrected chi connectivity index (χ3v) is 2.45. The van der Waals surface area contributed by atoms with Gasteiger partial charge in [0.25, 0.3) is 5.56 Å². The Hall–Kier alpha value is -1.19. The van der Waals surface area contributed by atoms with Crippen molar-refractivity contribution in [2.24, 2.45) is 0 Å². The van der Waals surface area contributed by atoms with Crippen LogP contribution in [-0.2, 0) is 0 Å². The van der Waals surface area contributed by atoms with Crippen molar-refractivity contribution in [1.82, 2.24) is 9.78 Å². The van der Waals surface area contributed by atoms with E-state index in [-0.39, 0.29) is 11.6 Å². The van der Waals surface area contributed by atoms with Crippen molar-refractivity contribution in [3.63, 3.8) is 0 Å². The van der Waals surface area contributed by atoms with Crippen LogP contribution in [0.5, 0.6) is 0 Å². The van der Waals surface area contributed by atoms with Crippen LogP contribution in [0.1, 0.15) is 38.4 Å². The van der Waals surface area contributed by atoms with Crippen LogP contribution >= 0.6 is 0 Å². The summed E-state index contributed by atoms with van der Waals surface area (Å²) in [5.41, 5.74) is 6.59. The molecule has 0 aliphatic carbocycles. The van der Waals surface area contributed by atoms with E-state index in [0.29, 0.717) is 5.69 Å². The van der Waals surface area contributed by atoms with Gasteiger partial charge in [0, 0.05) is 0 Å². The number of aromatic nitrogens is 2. The van der Waals surface area contributed by atoms with Gasteiger partial charge in [-0.05, 0) is 19.8 Å². The van der Waals surface area contributed by atoms with Crippen molar-refractivity contribution >= 4 is 5.69 Å². The standard InChI is InChI=1S/C9H17N3O/c1-4-7(5-2)12-9(13)8(10)6(3)11-12/h7,11H,4-5,10H2,1-3H3. The van der Waals surface area contributed by atoms with Gasteiger partial charge in [-0.3, -0.25) is 9.89 Å². The molecule has 0 bridgehead atoms. The fourth-order valence-electron chi connectivity index (χ4n) is 1.49. The van der Waals surface area contributed by atoms with Crippen molar-refractivity contribution in [2.75, 3.05) is 5.73 Å². The second-order valence-electron chi connectivity index (χ2n) is 3.30. The predicted octanol–water partition coefficient (Wildman–Crippen LogP) is 1.43. The molecule has 0 atom stereocenters. The smallest absolute Gasteiger partial charge is 0.290 e. The van der Waals surface area contributed by atoms with Gasteiger partial charge in [-0.25, -0.2) is 4.68 Å². The van der Waals surface area contributed by atoms with Gasteiger partial charge in [0.2, 0.25) is 0 Å². The number of rotatable bonds is 3. The number of aryl methyl sites for hydroxylation is 1. The molecule has 3 N–H and O–H groups in total. The third-order valence-electron chi connectivity index (χ3n) is 2.45. The molecule has 1 aromatic rings. The topological polar surface area (TPSA) is 63.8 Å². The fraction of sp³-hybridized carbons (Fsp3) is 0.667. The van der Waals surface area contributed by atoms with Crippen molar-refractivity contribution in [2.45, 2.75) is 39.7 Å². The Kier molecular flexibility index (Phi) is 2.80. The zero-order valence-electron chi connectivity index (χ0n) is 8.42. The molecule has 0 fully saturated rings. The number of aromatic amines is 1. The van der Waals surface area contributed by atoms with E-state index in [9.17, 15) is 4.79 Å². The number of nitrogens with two attached hydrogens (primary N) is 1. The summed E-state index contributed by atoms with van der Waals surface area (Å²) >= 11 is 0. The van der Waals surface area contributed by atoms with Gasteiger partial charge in [0.05, 0.1) is 11.7 Å². The highest BCUT2D eigenvalue weighted by Crippen LogP contribution is 2.13. The summed E-state index contributed by atoms with van der Waals surface area (Å²) in [4.78, 5) is 11.6. The molecule has 0 spiro atoms. The van der Waals surface area contributed by atoms with E-state index in [2.05, 4.69) is 18.9 Å². The van der Waals surface area contributed by atoms with Crippen LogP contribution in [0.3, 0.4) is 0 Å². The Morgan fingerprint density at radius 1 is 1.46 bits per heavy atom. The molecule has 1 heterocycles. The molecule has 4 heteroatoms. The third kappa shape index (κ3) is 1.61. The molecule has 0 amide bonds. The molecule has 0 radical (unpaired) electrons. The largest absolute Gasteiger partial charge is 0.393 e. The minimum atomic E-state index is -0.0915. The quantitative estimate of drug-likeness (QED) is 0.744. The van der Waals surface area contributed by atoms with Crippen LogP contribution in [0.15, 0.2) is 4.79 Å². The van der Waals surface area contributed by atoms with Crippen molar-refractivity contribution in [3.8, 4) is 0 Å². The summed E-state index contributed by atoms with van der Waals surface area (Å²) in [6.07, 6.45) is 1.88. The Balaban J connectivity index is 3.14. The first-order valence-corrected chi connectivity index (χ1v) is 4.68. The lowest BCUT2D eigenvalue weighted by atomic mass is 10.2. The maximum Gasteiger partial charge on any atom is 0.290 e. The summed E-state index contributed by atoms with van der Waals surface area (Å²) in [5.74, 6) is 0. The van der Waals surface area contributed by atoms with Crippen molar-refractivity contribution in [3.05, 3.63) is 16.0 Å². The number of hydrogen-bond acceptors (Lipinski definition) is 2. The predicted molar refractivity (Wildman–Crippen MR) is 53.8 cm³/mol. The van der Waals surface area contributed by atoms with Gasteiger partial charge in [-0.2, -0.15) is 0 Å². The Bertz CT molecular complexity index is 333. The molecule has 1 aromatic heterocycles. The van der Waals surface area contributed by atoms with E-state index < -0.39 is 0 Å². The van der Waals surface area contributed by atoms with E-state index >= 15 is 0 Å². The average Bonchev–Trinajstić information content (AvgIpc) is 2.36. The highest BCUT2D eigenvalue weighted by Gasteiger charge is 2.13. The molecule has 4 nitrogen and oxygen atoms in total. The maximum atomic E-state index is 11.6. The molecule has 1 rings (SSSR count). The molecular formula is C9H17N3O. The highest BCUT2D eigenvalue weighted by atomic mass is 16.1. The Morgan fingerprint density at radius 3 is 2.31 bits per heavy atom. The average molecular weight is 183 g/mol. The molecule has 0 aliphatic heterocycles. The van der Waals surface area contributed by atoms with E-state index in [1.165, 1.54) is 0 Å². The molecule has 0 aliphatic rings. The van der Waals surface area contributed by atoms with Crippen molar-refractivity contribution < 1.29 is 0 Å². The molecular weight excluding hydrogens is 166 g/mol. The first-order chi connectivity index (χ1) is 6.11. The van der Waals surface area contributed by atoms with Gasteiger partial charge in [0.1, 0.15) is 5.69 Å². The summed E-state index contributed by atoms with van der Waals surface area (Å²) < 4.78 is 1.63. The molecule has 0 unspecified atom stereocenters. The lowest BCUT2D eigenvalue weighted by molar-refractivity contribution is 0.416. The zero-order chi connectivity index (χ0) is 10.0. The lowest BCUT2D eigenvalue weighted by Crippen LogP contribution is -2.22. The number of hydrogen-bond donors (Lipinski definition) is 2. The molecule has 74 valence electrons. The first kappa shape index (κ1) is 9.89. The molecule has 0 saturated carbocycles. The number of nitrogen functional groups attached to an aromatic ring is 1. The second kappa shape index (κ2) is 3.68. The van der Waals surface area contributed by atoms with E-state index in [1.807, 2.05) is 6.92 Å². The Labute approximate surface area is 77.7 Å². The summed E-state index contributed by atoms with van der Waals surface area (Å²) in [7, 11) is 0. The number of H-pyrrole nitrogens is 1. The van der Waals surface area contributed by atoms with Crippen LogP contribution in [0, 0.1) is 6.92 Å². The monoisotopic (exact) mass is 183 g/mol. The van der Waals surface area contributed by atoms with Gasteiger partial charge < -0.3 is 5.73 Å². The zero-order valence-corrected chi connectivity index (χ0v) is 8.42. The second-order valence-corrected chi connectivity index (χ2v) is 3.30. The minimum absolute atomic E-state index is 0.0915. The minimum Gasteiger partial charge on any atom is -0.393 e. The van der Waals surface area contributed by atoms with Crippen LogP contribution in [0.4, 0.5) is 5.69 Å². The molecule has 0 aromatic carbocycles.